The molecule has 2 rings (SSSR count). The van der Waals surface area contributed by atoms with Crippen LogP contribution in [0.3, 0.4) is 0 Å². The molecule has 108 valence electrons. The lowest BCUT2D eigenvalue weighted by atomic mass is 9.70. The van der Waals surface area contributed by atoms with Gasteiger partial charge in [-0.2, -0.15) is 13.2 Å². The molecule has 0 radical (unpaired) electrons. The molecule has 1 aromatic carbocycles. The number of aryl methyl sites for hydroxylation is 1. The topological polar surface area (TPSA) is 43.4 Å². The summed E-state index contributed by atoms with van der Waals surface area (Å²) in [6.45, 7) is 0. The average molecular weight is 351 g/mol. The summed E-state index contributed by atoms with van der Waals surface area (Å²) >= 11 is 3.11. The Bertz CT molecular complexity index is 583. The Hall–Kier alpha value is -1.37. The standard InChI is InChI=1S/C13H10BrF3O3/c1-20-11(19)12(13(15,16)17)5-4-7-2-3-8(14)6-9(7)10(12)18/h2-3,6H,4-5H2,1H3/t12-/m1/s1. The summed E-state index contributed by atoms with van der Waals surface area (Å²) < 4.78 is 44.8. The SMILES string of the molecule is COC(=O)[C@@]1(C(F)(F)F)CCc2ccc(Br)cc2C1=O. The van der Waals surface area contributed by atoms with Gasteiger partial charge in [0.25, 0.3) is 0 Å². The van der Waals surface area contributed by atoms with Crippen LogP contribution in [0, 0.1) is 5.41 Å². The molecule has 0 N–H and O–H groups in total. The van der Waals surface area contributed by atoms with Crippen LogP contribution in [0.2, 0.25) is 0 Å². The third-order valence-corrected chi connectivity index (χ3v) is 3.98. The molecule has 0 amide bonds. The Balaban J connectivity index is 2.63. The number of fused-ring (bicyclic) bond motifs is 1. The molecule has 0 aliphatic heterocycles. The van der Waals surface area contributed by atoms with Crippen molar-refractivity contribution in [3.8, 4) is 0 Å². The highest BCUT2D eigenvalue weighted by atomic mass is 79.9. The molecule has 0 spiro atoms. The van der Waals surface area contributed by atoms with E-state index in [-0.39, 0.29) is 12.0 Å². The van der Waals surface area contributed by atoms with Crippen molar-refractivity contribution in [2.75, 3.05) is 7.11 Å². The van der Waals surface area contributed by atoms with Gasteiger partial charge in [0.15, 0.2) is 5.78 Å². The number of ether oxygens (including phenoxy) is 1. The first-order valence-electron chi connectivity index (χ1n) is 5.72. The number of hydrogen-bond acceptors (Lipinski definition) is 3. The predicted octanol–water partition coefficient (Wildman–Crippen LogP) is 3.30. The summed E-state index contributed by atoms with van der Waals surface area (Å²) in [6, 6.07) is 4.53. The van der Waals surface area contributed by atoms with Crippen LogP contribution < -0.4 is 0 Å². The second-order valence-electron chi connectivity index (χ2n) is 4.53. The highest BCUT2D eigenvalue weighted by molar-refractivity contribution is 9.10. The third-order valence-electron chi connectivity index (χ3n) is 3.49. The predicted molar refractivity (Wildman–Crippen MR) is 67.3 cm³/mol. The van der Waals surface area contributed by atoms with Crippen LogP contribution in [-0.2, 0) is 16.0 Å². The van der Waals surface area contributed by atoms with Crippen molar-refractivity contribution < 1.29 is 27.5 Å². The summed E-state index contributed by atoms with van der Waals surface area (Å²) in [5.41, 5.74) is -2.69. The zero-order valence-electron chi connectivity index (χ0n) is 10.4. The van der Waals surface area contributed by atoms with Gasteiger partial charge in [-0.3, -0.25) is 9.59 Å². The second-order valence-corrected chi connectivity index (χ2v) is 5.44. The Kier molecular flexibility index (Phi) is 3.66. The van der Waals surface area contributed by atoms with Gasteiger partial charge in [0, 0.05) is 10.0 Å². The minimum atomic E-state index is -4.99. The summed E-state index contributed by atoms with van der Waals surface area (Å²) in [5.74, 6) is -2.81. The van der Waals surface area contributed by atoms with Crippen molar-refractivity contribution in [1.29, 1.82) is 0 Å². The van der Waals surface area contributed by atoms with Crippen LogP contribution in [0.15, 0.2) is 22.7 Å². The molecule has 1 aliphatic rings. The van der Waals surface area contributed by atoms with Crippen LogP contribution in [0.5, 0.6) is 0 Å². The lowest BCUT2D eigenvalue weighted by molar-refractivity contribution is -0.219. The first kappa shape index (κ1) is 15.0. The van der Waals surface area contributed by atoms with Crippen LogP contribution in [0.1, 0.15) is 22.3 Å². The second kappa shape index (κ2) is 4.87. The number of Topliss-reactive ketones (excluding diaryl/α,β-unsaturated/α-hetero) is 1. The number of benzene rings is 1. The normalized spacial score (nSPS) is 22.4. The maximum Gasteiger partial charge on any atom is 0.412 e. The molecule has 0 saturated heterocycles. The number of hydrogen-bond donors (Lipinski definition) is 0. The maximum atomic E-state index is 13.3. The molecular weight excluding hydrogens is 341 g/mol. The zero-order chi connectivity index (χ0) is 15.1. The fourth-order valence-corrected chi connectivity index (χ4v) is 2.76. The number of esters is 1. The van der Waals surface area contributed by atoms with E-state index in [4.69, 9.17) is 0 Å². The molecule has 20 heavy (non-hydrogen) atoms. The molecular formula is C13H10BrF3O3. The van der Waals surface area contributed by atoms with Gasteiger partial charge in [0.1, 0.15) is 0 Å². The summed E-state index contributed by atoms with van der Waals surface area (Å²) in [7, 11) is 0.847. The Morgan fingerprint density at radius 2 is 2.05 bits per heavy atom. The van der Waals surface area contributed by atoms with Gasteiger partial charge in [0.05, 0.1) is 7.11 Å². The zero-order valence-corrected chi connectivity index (χ0v) is 12.0. The molecule has 0 fully saturated rings. The fourth-order valence-electron chi connectivity index (χ4n) is 2.40. The van der Waals surface area contributed by atoms with E-state index in [0.29, 0.717) is 10.0 Å². The van der Waals surface area contributed by atoms with Crippen LogP contribution in [0.25, 0.3) is 0 Å². The van der Waals surface area contributed by atoms with E-state index in [2.05, 4.69) is 20.7 Å². The van der Waals surface area contributed by atoms with E-state index in [1.807, 2.05) is 0 Å². The molecule has 3 nitrogen and oxygen atoms in total. The highest BCUT2D eigenvalue weighted by Crippen LogP contribution is 2.48. The lowest BCUT2D eigenvalue weighted by Gasteiger charge is -2.35. The number of carbonyl (C=O) groups is 2. The number of halogens is 4. The van der Waals surface area contributed by atoms with Gasteiger partial charge in [-0.25, -0.2) is 0 Å². The van der Waals surface area contributed by atoms with Crippen LogP contribution in [0.4, 0.5) is 13.2 Å². The van der Waals surface area contributed by atoms with E-state index >= 15 is 0 Å². The van der Waals surface area contributed by atoms with Crippen molar-refractivity contribution in [3.63, 3.8) is 0 Å². The van der Waals surface area contributed by atoms with Gasteiger partial charge in [0.2, 0.25) is 5.41 Å². The van der Waals surface area contributed by atoms with Crippen LogP contribution >= 0.6 is 15.9 Å². The van der Waals surface area contributed by atoms with Gasteiger partial charge >= 0.3 is 12.1 Å². The minimum Gasteiger partial charge on any atom is -0.468 e. The molecule has 1 aliphatic carbocycles. The van der Waals surface area contributed by atoms with E-state index in [0.717, 1.165) is 7.11 Å². The molecule has 0 bridgehead atoms. The van der Waals surface area contributed by atoms with Crippen molar-refractivity contribution >= 4 is 27.7 Å². The number of methoxy groups -OCH3 is 1. The van der Waals surface area contributed by atoms with Crippen molar-refractivity contribution in [1.82, 2.24) is 0 Å². The molecule has 0 aromatic heterocycles. The maximum absolute atomic E-state index is 13.3. The minimum absolute atomic E-state index is 0.0109. The number of rotatable bonds is 1. The molecule has 1 aromatic rings. The van der Waals surface area contributed by atoms with E-state index in [1.165, 1.54) is 6.07 Å². The molecule has 7 heteroatoms. The summed E-state index contributed by atoms with van der Waals surface area (Å²) in [4.78, 5) is 24.0. The Labute approximate surface area is 121 Å². The van der Waals surface area contributed by atoms with E-state index in [9.17, 15) is 22.8 Å². The van der Waals surface area contributed by atoms with Crippen molar-refractivity contribution in [2.24, 2.45) is 5.41 Å². The van der Waals surface area contributed by atoms with Gasteiger partial charge < -0.3 is 4.74 Å². The third kappa shape index (κ3) is 2.04. The van der Waals surface area contributed by atoms with E-state index in [1.54, 1.807) is 12.1 Å². The monoisotopic (exact) mass is 350 g/mol. The molecule has 0 unspecified atom stereocenters. The van der Waals surface area contributed by atoms with Gasteiger partial charge in [-0.15, -0.1) is 0 Å². The van der Waals surface area contributed by atoms with Crippen molar-refractivity contribution in [2.45, 2.75) is 19.0 Å². The first-order valence-corrected chi connectivity index (χ1v) is 6.51. The fraction of sp³-hybridized carbons (Fsp3) is 0.385. The number of ketones is 1. The van der Waals surface area contributed by atoms with Crippen molar-refractivity contribution in [3.05, 3.63) is 33.8 Å². The quantitative estimate of drug-likeness (QED) is 0.576. The lowest BCUT2D eigenvalue weighted by Crippen LogP contribution is -2.54. The first-order chi connectivity index (χ1) is 9.24. The molecule has 1 atom stereocenters. The van der Waals surface area contributed by atoms with Gasteiger partial charge in [-0.05, 0) is 30.5 Å². The molecule has 0 saturated carbocycles. The van der Waals surface area contributed by atoms with E-state index < -0.39 is 29.8 Å². The number of carbonyl (C=O) groups excluding carboxylic acids is 2. The Morgan fingerprint density at radius 1 is 1.40 bits per heavy atom. The molecule has 0 heterocycles. The smallest absolute Gasteiger partial charge is 0.412 e. The average Bonchev–Trinajstić information content (AvgIpc) is 2.38. The summed E-state index contributed by atoms with van der Waals surface area (Å²) in [6.07, 6.45) is -5.63. The largest absolute Gasteiger partial charge is 0.468 e. The highest BCUT2D eigenvalue weighted by Gasteiger charge is 2.67. The van der Waals surface area contributed by atoms with Gasteiger partial charge in [-0.1, -0.05) is 22.0 Å². The number of alkyl halides is 3. The van der Waals surface area contributed by atoms with Crippen LogP contribution in [-0.4, -0.2) is 25.0 Å². The Morgan fingerprint density at radius 3 is 2.60 bits per heavy atom. The summed E-state index contributed by atoms with van der Waals surface area (Å²) in [5, 5.41) is 0.